The van der Waals surface area contributed by atoms with E-state index in [1.807, 2.05) is 11.3 Å². The number of fused-ring (bicyclic) bond motifs is 1. The maximum absolute atomic E-state index is 3.51. The lowest BCUT2D eigenvalue weighted by Crippen LogP contribution is -1.86. The molecule has 2 aromatic rings. The minimum Gasteiger partial charge on any atom is -0.143 e. The molecular weight excluding hydrogens is 474 g/mol. The van der Waals surface area contributed by atoms with Gasteiger partial charge >= 0.3 is 0 Å². The standard InChI is InChI=1S/C9H5BrI2S/c10-4-5-3-7(11)9-6(8(5)12)1-2-13-9/h1-3H,4H2. The summed E-state index contributed by atoms with van der Waals surface area (Å²) in [6, 6.07) is 4.46. The Morgan fingerprint density at radius 3 is 2.85 bits per heavy atom. The summed E-state index contributed by atoms with van der Waals surface area (Å²) in [5.41, 5.74) is 1.39. The fourth-order valence-corrected chi connectivity index (χ4v) is 5.02. The van der Waals surface area contributed by atoms with Crippen LogP contribution in [-0.4, -0.2) is 0 Å². The van der Waals surface area contributed by atoms with E-state index in [1.165, 1.54) is 22.8 Å². The Morgan fingerprint density at radius 1 is 1.38 bits per heavy atom. The molecule has 0 bridgehead atoms. The van der Waals surface area contributed by atoms with Gasteiger partial charge in [0.2, 0.25) is 0 Å². The molecule has 0 aliphatic heterocycles. The Kier molecular flexibility index (Phi) is 3.53. The molecular formula is C9H5BrI2S. The number of hydrogen-bond acceptors (Lipinski definition) is 1. The SMILES string of the molecule is BrCc1cc(I)c2sccc2c1I. The molecule has 0 atom stereocenters. The fraction of sp³-hybridized carbons (Fsp3) is 0.111. The summed E-state index contributed by atoms with van der Waals surface area (Å²) >= 11 is 10.2. The Bertz CT molecular complexity index is 450. The van der Waals surface area contributed by atoms with E-state index in [9.17, 15) is 0 Å². The Labute approximate surface area is 117 Å². The molecule has 0 unspecified atom stereocenters. The molecule has 2 rings (SSSR count). The van der Waals surface area contributed by atoms with Crippen LogP contribution < -0.4 is 0 Å². The average Bonchev–Trinajstić information content (AvgIpc) is 2.60. The van der Waals surface area contributed by atoms with Crippen LogP contribution in [0.15, 0.2) is 17.5 Å². The molecule has 0 radical (unpaired) electrons. The smallest absolute Gasteiger partial charge is 0.0487 e. The van der Waals surface area contributed by atoms with Crippen molar-refractivity contribution in [2.45, 2.75) is 5.33 Å². The van der Waals surface area contributed by atoms with Gasteiger partial charge in [-0.1, -0.05) is 15.9 Å². The second kappa shape index (κ2) is 4.32. The van der Waals surface area contributed by atoms with Gasteiger partial charge in [-0.15, -0.1) is 11.3 Å². The molecule has 0 N–H and O–H groups in total. The first kappa shape index (κ1) is 10.6. The summed E-state index contributed by atoms with van der Waals surface area (Å²) in [4.78, 5) is 0. The van der Waals surface area contributed by atoms with Gasteiger partial charge in [0, 0.05) is 22.6 Å². The quantitative estimate of drug-likeness (QED) is 0.399. The van der Waals surface area contributed by atoms with Gasteiger partial charge in [-0.05, 0) is 68.3 Å². The highest BCUT2D eigenvalue weighted by Gasteiger charge is 2.08. The summed E-state index contributed by atoms with van der Waals surface area (Å²) < 4.78 is 4.15. The molecule has 68 valence electrons. The highest BCUT2D eigenvalue weighted by atomic mass is 127. The number of hydrogen-bond donors (Lipinski definition) is 0. The van der Waals surface area contributed by atoms with Crippen LogP contribution in [0.1, 0.15) is 5.56 Å². The van der Waals surface area contributed by atoms with E-state index >= 15 is 0 Å². The van der Waals surface area contributed by atoms with E-state index in [0.29, 0.717) is 0 Å². The summed E-state index contributed by atoms with van der Waals surface area (Å²) in [5.74, 6) is 0. The first-order chi connectivity index (χ1) is 6.24. The fourth-order valence-electron chi connectivity index (χ4n) is 1.22. The third-order valence-corrected chi connectivity index (χ3v) is 5.89. The molecule has 0 aliphatic carbocycles. The van der Waals surface area contributed by atoms with Crippen molar-refractivity contribution in [2.24, 2.45) is 0 Å². The minimum atomic E-state index is 0.938. The van der Waals surface area contributed by atoms with Gasteiger partial charge in [0.05, 0.1) is 0 Å². The monoisotopic (exact) mass is 478 g/mol. The lowest BCUT2D eigenvalue weighted by atomic mass is 10.2. The number of rotatable bonds is 1. The van der Waals surface area contributed by atoms with Gasteiger partial charge in [0.1, 0.15) is 0 Å². The van der Waals surface area contributed by atoms with Gasteiger partial charge in [-0.2, -0.15) is 0 Å². The summed E-state index contributed by atoms with van der Waals surface area (Å²) in [5, 5.41) is 4.49. The normalized spacial score (nSPS) is 11.0. The summed E-state index contributed by atoms with van der Waals surface area (Å²) in [6.45, 7) is 0. The third kappa shape index (κ3) is 1.91. The van der Waals surface area contributed by atoms with E-state index in [0.717, 1.165) is 5.33 Å². The molecule has 1 aromatic heterocycles. The van der Waals surface area contributed by atoms with E-state index in [4.69, 9.17) is 0 Å². The van der Waals surface area contributed by atoms with Gasteiger partial charge < -0.3 is 0 Å². The van der Waals surface area contributed by atoms with Crippen LogP contribution in [-0.2, 0) is 5.33 Å². The number of thiophene rings is 1. The van der Waals surface area contributed by atoms with Gasteiger partial charge in [0.15, 0.2) is 0 Å². The highest BCUT2D eigenvalue weighted by molar-refractivity contribution is 14.1. The highest BCUT2D eigenvalue weighted by Crippen LogP contribution is 2.33. The molecule has 0 spiro atoms. The van der Waals surface area contributed by atoms with Gasteiger partial charge in [-0.25, -0.2) is 0 Å². The average molecular weight is 479 g/mol. The topological polar surface area (TPSA) is 0 Å². The summed E-state index contributed by atoms with van der Waals surface area (Å²) in [6.07, 6.45) is 0. The Morgan fingerprint density at radius 2 is 2.15 bits per heavy atom. The maximum atomic E-state index is 3.51. The van der Waals surface area contributed by atoms with Crippen LogP contribution in [0.2, 0.25) is 0 Å². The van der Waals surface area contributed by atoms with E-state index < -0.39 is 0 Å². The van der Waals surface area contributed by atoms with Crippen molar-refractivity contribution in [2.75, 3.05) is 0 Å². The first-order valence-electron chi connectivity index (χ1n) is 3.64. The molecule has 0 amide bonds. The van der Waals surface area contributed by atoms with Gasteiger partial charge in [0.25, 0.3) is 0 Å². The van der Waals surface area contributed by atoms with Crippen molar-refractivity contribution >= 4 is 82.5 Å². The van der Waals surface area contributed by atoms with Crippen molar-refractivity contribution in [3.8, 4) is 0 Å². The predicted molar refractivity (Wildman–Crippen MR) is 79.9 cm³/mol. The zero-order chi connectivity index (χ0) is 9.42. The molecule has 0 saturated heterocycles. The molecule has 1 heterocycles. The van der Waals surface area contributed by atoms with Crippen LogP contribution in [0.5, 0.6) is 0 Å². The van der Waals surface area contributed by atoms with Gasteiger partial charge in [-0.3, -0.25) is 0 Å². The molecule has 1 aromatic carbocycles. The largest absolute Gasteiger partial charge is 0.143 e. The van der Waals surface area contributed by atoms with E-state index in [2.05, 4.69) is 78.6 Å². The molecule has 0 fully saturated rings. The zero-order valence-electron chi connectivity index (χ0n) is 6.48. The maximum Gasteiger partial charge on any atom is 0.0487 e. The van der Waals surface area contributed by atoms with E-state index in [-0.39, 0.29) is 0 Å². The number of halogens is 3. The molecule has 0 saturated carbocycles. The molecule has 0 aliphatic rings. The van der Waals surface area contributed by atoms with Crippen LogP contribution in [0.25, 0.3) is 10.1 Å². The lowest BCUT2D eigenvalue weighted by molar-refractivity contribution is 1.42. The molecule has 4 heteroatoms. The van der Waals surface area contributed by atoms with Crippen LogP contribution in [0, 0.1) is 7.14 Å². The van der Waals surface area contributed by atoms with Crippen LogP contribution >= 0.6 is 72.4 Å². The van der Waals surface area contributed by atoms with E-state index in [1.54, 1.807) is 0 Å². The van der Waals surface area contributed by atoms with Crippen molar-refractivity contribution in [1.82, 2.24) is 0 Å². The zero-order valence-corrected chi connectivity index (χ0v) is 13.2. The second-order valence-electron chi connectivity index (χ2n) is 2.63. The van der Waals surface area contributed by atoms with Crippen molar-refractivity contribution in [3.63, 3.8) is 0 Å². The Balaban J connectivity index is 2.85. The third-order valence-electron chi connectivity index (χ3n) is 1.85. The minimum absolute atomic E-state index is 0.938. The number of benzene rings is 1. The Hall–Kier alpha value is 1.12. The van der Waals surface area contributed by atoms with Crippen LogP contribution in [0.4, 0.5) is 0 Å². The first-order valence-corrected chi connectivity index (χ1v) is 7.80. The van der Waals surface area contributed by atoms with Crippen molar-refractivity contribution in [3.05, 3.63) is 30.2 Å². The molecule has 0 nitrogen and oxygen atoms in total. The summed E-state index contributed by atoms with van der Waals surface area (Å²) in [7, 11) is 0. The second-order valence-corrected chi connectivity index (χ2v) is 6.35. The van der Waals surface area contributed by atoms with Crippen LogP contribution in [0.3, 0.4) is 0 Å². The predicted octanol–water partition coefficient (Wildman–Crippen LogP) is 5.01. The molecule has 13 heavy (non-hydrogen) atoms. The lowest BCUT2D eigenvalue weighted by Gasteiger charge is -2.03. The number of alkyl halides is 1. The van der Waals surface area contributed by atoms with Crippen molar-refractivity contribution < 1.29 is 0 Å². The van der Waals surface area contributed by atoms with Crippen molar-refractivity contribution in [1.29, 1.82) is 0 Å².